The van der Waals surface area contributed by atoms with Crippen molar-refractivity contribution in [3.05, 3.63) is 51.9 Å². The molecule has 1 aromatic carbocycles. The minimum Gasteiger partial charge on any atom is -0.364 e. The number of amides is 1. The van der Waals surface area contributed by atoms with E-state index in [0.29, 0.717) is 5.56 Å². The van der Waals surface area contributed by atoms with E-state index in [9.17, 15) is 4.79 Å². The van der Waals surface area contributed by atoms with E-state index < -0.39 is 0 Å². The third-order valence-corrected chi connectivity index (χ3v) is 5.56. The molecule has 0 aliphatic heterocycles. The first-order valence-corrected chi connectivity index (χ1v) is 8.92. The monoisotopic (exact) mass is 349 g/mol. The largest absolute Gasteiger partial charge is 0.364 e. The van der Waals surface area contributed by atoms with Gasteiger partial charge in [-0.05, 0) is 38.0 Å². The molecule has 0 fully saturated rings. The van der Waals surface area contributed by atoms with Crippen LogP contribution in [0.4, 0.5) is 5.69 Å². The topological polar surface area (TPSA) is 86.5 Å². The fourth-order valence-corrected chi connectivity index (χ4v) is 4.34. The molecule has 124 valence electrons. The Bertz CT molecular complexity index is 1120. The molecule has 25 heavy (non-hydrogen) atoms. The highest BCUT2D eigenvalue weighted by atomic mass is 32.1. The lowest BCUT2D eigenvalue weighted by Crippen LogP contribution is -2.13. The summed E-state index contributed by atoms with van der Waals surface area (Å²) in [7, 11) is 0. The molecular formula is C18H15N5OS. The maximum Gasteiger partial charge on any atom is 0.257 e. The summed E-state index contributed by atoms with van der Waals surface area (Å²) in [5.74, 6) is -0.130. The maximum atomic E-state index is 12.9. The van der Waals surface area contributed by atoms with Crippen molar-refractivity contribution in [3.8, 4) is 11.3 Å². The van der Waals surface area contributed by atoms with Gasteiger partial charge in [0.2, 0.25) is 0 Å². The number of aromatic nitrogens is 4. The van der Waals surface area contributed by atoms with Crippen LogP contribution in [0.1, 0.15) is 25.9 Å². The molecule has 4 aromatic rings. The molecule has 3 heterocycles. The molecule has 3 aromatic heterocycles. The summed E-state index contributed by atoms with van der Waals surface area (Å²) in [6.07, 6.45) is 5.33. The van der Waals surface area contributed by atoms with Gasteiger partial charge in [-0.3, -0.25) is 4.79 Å². The van der Waals surface area contributed by atoms with Gasteiger partial charge < -0.3 is 15.3 Å². The number of carbonyl (C=O) groups is 1. The molecule has 0 saturated carbocycles. The van der Waals surface area contributed by atoms with Crippen molar-refractivity contribution in [3.63, 3.8) is 0 Å². The highest BCUT2D eigenvalue weighted by Gasteiger charge is 2.27. The first kappa shape index (κ1) is 14.4. The number of anilines is 1. The average molecular weight is 349 g/mol. The zero-order valence-electron chi connectivity index (χ0n) is 13.5. The van der Waals surface area contributed by atoms with Crippen LogP contribution >= 0.6 is 11.3 Å². The molecule has 6 nitrogen and oxygen atoms in total. The third kappa shape index (κ3) is 2.27. The maximum absolute atomic E-state index is 12.9. The van der Waals surface area contributed by atoms with Crippen molar-refractivity contribution in [2.45, 2.75) is 19.8 Å². The van der Waals surface area contributed by atoms with Gasteiger partial charge in [-0.1, -0.05) is 0 Å². The van der Waals surface area contributed by atoms with Gasteiger partial charge >= 0.3 is 0 Å². The Labute approximate surface area is 147 Å². The molecule has 7 heteroatoms. The lowest BCUT2D eigenvalue weighted by atomic mass is 9.96. The molecule has 0 unspecified atom stereocenters. The Kier molecular flexibility index (Phi) is 3.05. The average Bonchev–Trinajstić information content (AvgIpc) is 3.30. The van der Waals surface area contributed by atoms with Gasteiger partial charge in [-0.2, -0.15) is 0 Å². The highest BCUT2D eigenvalue weighted by Crippen LogP contribution is 2.38. The second-order valence-electron chi connectivity index (χ2n) is 6.15. The van der Waals surface area contributed by atoms with E-state index in [-0.39, 0.29) is 5.91 Å². The third-order valence-electron chi connectivity index (χ3n) is 4.53. The number of aryl methyl sites for hydroxylation is 3. The predicted octanol–water partition coefficient (Wildman–Crippen LogP) is 3.67. The van der Waals surface area contributed by atoms with E-state index in [1.807, 2.05) is 25.1 Å². The molecule has 1 aliphatic carbocycles. The molecule has 1 aliphatic rings. The zero-order chi connectivity index (χ0) is 17.0. The van der Waals surface area contributed by atoms with Crippen LogP contribution in [0.25, 0.3) is 22.3 Å². The molecule has 0 saturated heterocycles. The van der Waals surface area contributed by atoms with Gasteiger partial charge in [0.25, 0.3) is 5.91 Å². The van der Waals surface area contributed by atoms with Crippen LogP contribution in [-0.2, 0) is 12.8 Å². The summed E-state index contributed by atoms with van der Waals surface area (Å²) in [6.45, 7) is 2.01. The lowest BCUT2D eigenvalue weighted by molar-refractivity contribution is 0.102. The molecule has 5 rings (SSSR count). The number of H-pyrrole nitrogens is 2. The molecule has 0 atom stereocenters. The SMILES string of the molecule is Cc1nc2c(s1)CCc1[nH]cc(C(=O)Nc3ccc4nc[nH]c4c3)c1-2. The fourth-order valence-electron chi connectivity index (χ4n) is 3.40. The second-order valence-corrected chi connectivity index (χ2v) is 7.44. The number of imidazole rings is 1. The number of nitrogens with one attached hydrogen (secondary N) is 3. The summed E-state index contributed by atoms with van der Waals surface area (Å²) in [5, 5.41) is 4.02. The summed E-state index contributed by atoms with van der Waals surface area (Å²) in [4.78, 5) is 29.3. The number of hydrogen-bond acceptors (Lipinski definition) is 4. The van der Waals surface area contributed by atoms with E-state index >= 15 is 0 Å². The minimum atomic E-state index is -0.130. The van der Waals surface area contributed by atoms with E-state index in [2.05, 4.69) is 25.3 Å². The van der Waals surface area contributed by atoms with Gasteiger partial charge in [0, 0.05) is 28.0 Å². The van der Waals surface area contributed by atoms with Crippen LogP contribution in [0.3, 0.4) is 0 Å². The molecular weight excluding hydrogens is 334 g/mol. The summed E-state index contributed by atoms with van der Waals surface area (Å²) in [5.41, 5.74) is 6.15. The van der Waals surface area contributed by atoms with Crippen LogP contribution in [0, 0.1) is 6.92 Å². The fraction of sp³-hybridized carbons (Fsp3) is 0.167. The van der Waals surface area contributed by atoms with Crippen LogP contribution < -0.4 is 5.32 Å². The first-order valence-electron chi connectivity index (χ1n) is 8.10. The zero-order valence-corrected chi connectivity index (χ0v) is 14.3. The number of thiazole rings is 1. The van der Waals surface area contributed by atoms with Crippen LogP contribution in [0.2, 0.25) is 0 Å². The Morgan fingerprint density at radius 3 is 3.12 bits per heavy atom. The van der Waals surface area contributed by atoms with Gasteiger partial charge in [0.05, 0.1) is 33.6 Å². The van der Waals surface area contributed by atoms with Crippen molar-refractivity contribution < 1.29 is 4.79 Å². The van der Waals surface area contributed by atoms with Crippen LogP contribution in [0.5, 0.6) is 0 Å². The molecule has 3 N–H and O–H groups in total. The second kappa shape index (κ2) is 5.29. The van der Waals surface area contributed by atoms with E-state index in [1.54, 1.807) is 23.9 Å². The number of fused-ring (bicyclic) bond motifs is 4. The van der Waals surface area contributed by atoms with E-state index in [0.717, 1.165) is 51.5 Å². The lowest BCUT2D eigenvalue weighted by Gasteiger charge is -2.12. The summed E-state index contributed by atoms with van der Waals surface area (Å²) < 4.78 is 0. The van der Waals surface area contributed by atoms with Crippen molar-refractivity contribution in [1.82, 2.24) is 19.9 Å². The number of carbonyl (C=O) groups excluding carboxylic acids is 1. The van der Waals surface area contributed by atoms with Crippen LogP contribution in [-0.4, -0.2) is 25.8 Å². The highest BCUT2D eigenvalue weighted by molar-refractivity contribution is 7.12. The van der Waals surface area contributed by atoms with Crippen molar-refractivity contribution >= 4 is 34.0 Å². The first-order chi connectivity index (χ1) is 12.2. The minimum absolute atomic E-state index is 0.130. The Morgan fingerprint density at radius 2 is 2.20 bits per heavy atom. The molecule has 1 amide bonds. The Balaban J connectivity index is 1.52. The summed E-state index contributed by atoms with van der Waals surface area (Å²) >= 11 is 1.72. The van der Waals surface area contributed by atoms with Gasteiger partial charge in [-0.25, -0.2) is 9.97 Å². The van der Waals surface area contributed by atoms with Crippen molar-refractivity contribution in [2.24, 2.45) is 0 Å². The number of benzene rings is 1. The Hall–Kier alpha value is -2.93. The normalized spacial score (nSPS) is 12.8. The van der Waals surface area contributed by atoms with Crippen molar-refractivity contribution in [1.29, 1.82) is 0 Å². The molecule has 0 radical (unpaired) electrons. The number of hydrogen-bond donors (Lipinski definition) is 3. The Morgan fingerprint density at radius 1 is 1.28 bits per heavy atom. The number of nitrogens with zero attached hydrogens (tertiary/aromatic N) is 2. The quantitative estimate of drug-likeness (QED) is 0.516. The van der Waals surface area contributed by atoms with E-state index in [1.165, 1.54) is 4.88 Å². The van der Waals surface area contributed by atoms with Crippen molar-refractivity contribution in [2.75, 3.05) is 5.32 Å². The van der Waals surface area contributed by atoms with Gasteiger partial charge in [0.15, 0.2) is 0 Å². The van der Waals surface area contributed by atoms with Gasteiger partial charge in [0.1, 0.15) is 0 Å². The number of rotatable bonds is 2. The van der Waals surface area contributed by atoms with Gasteiger partial charge in [-0.15, -0.1) is 11.3 Å². The predicted molar refractivity (Wildman–Crippen MR) is 98.1 cm³/mol. The summed E-state index contributed by atoms with van der Waals surface area (Å²) in [6, 6.07) is 5.63. The number of aromatic amines is 2. The standard InChI is InChI=1S/C18H15N5OS/c1-9-22-17-15(25-9)5-4-13-16(17)11(7-19-13)18(24)23-10-2-3-12-14(6-10)21-8-20-12/h2-3,6-8,19H,4-5H2,1H3,(H,20,21)(H,23,24). The smallest absolute Gasteiger partial charge is 0.257 e. The molecule has 0 bridgehead atoms. The van der Waals surface area contributed by atoms with Crippen LogP contribution in [0.15, 0.2) is 30.7 Å². The molecule has 0 spiro atoms. The van der Waals surface area contributed by atoms with E-state index in [4.69, 9.17) is 0 Å².